The molecule has 3 heteroatoms. The summed E-state index contributed by atoms with van der Waals surface area (Å²) in [6.07, 6.45) is 25.5. The fourth-order valence-corrected chi connectivity index (χ4v) is 3.77. The molecule has 0 aromatic heterocycles. The van der Waals surface area contributed by atoms with Crippen molar-refractivity contribution in [1.29, 1.82) is 0 Å². The Morgan fingerprint density at radius 3 is 1.29 bits per heavy atom. The second kappa shape index (κ2) is 22.7. The monoisotopic (exact) mass is 398 g/mol. The Kier molecular flexibility index (Phi) is 22.3. The Labute approximate surface area is 176 Å². The summed E-state index contributed by atoms with van der Waals surface area (Å²) in [5.74, 6) is -0.816. The van der Waals surface area contributed by atoms with E-state index >= 15 is 0 Å². The summed E-state index contributed by atoms with van der Waals surface area (Å²) in [4.78, 5) is 11.0. The minimum absolute atomic E-state index is 0.593. The van der Waals surface area contributed by atoms with Gasteiger partial charge in [-0.15, -0.1) is 0 Å². The van der Waals surface area contributed by atoms with E-state index in [1.54, 1.807) is 0 Å². The fourth-order valence-electron chi connectivity index (χ4n) is 3.77. The summed E-state index contributed by atoms with van der Waals surface area (Å²) in [6, 6.07) is 0. The van der Waals surface area contributed by atoms with Crippen molar-refractivity contribution in [3.8, 4) is 0 Å². The van der Waals surface area contributed by atoms with E-state index in [4.69, 9.17) is 9.84 Å². The first-order chi connectivity index (χ1) is 13.7. The summed E-state index contributed by atoms with van der Waals surface area (Å²) in [5.41, 5.74) is 0. The normalized spacial score (nSPS) is 12.4. The Bertz CT molecular complexity index is 317. The maximum absolute atomic E-state index is 11.0. The molecule has 0 radical (unpaired) electrons. The molecule has 1 N–H and O–H groups in total. The Morgan fingerprint density at radius 1 is 0.607 bits per heavy atom. The molecule has 0 aromatic rings. The minimum atomic E-state index is -0.816. The molecular weight excluding hydrogens is 348 g/mol. The predicted octanol–water partition coefficient (Wildman–Crippen LogP) is 8.30. The van der Waals surface area contributed by atoms with Crippen molar-refractivity contribution < 1.29 is 14.6 Å². The molecule has 0 fully saturated rings. The number of aliphatic carboxylic acids is 1. The van der Waals surface area contributed by atoms with Crippen molar-refractivity contribution in [2.24, 2.45) is 0 Å². The zero-order chi connectivity index (χ0) is 20.7. The van der Waals surface area contributed by atoms with Crippen molar-refractivity contribution >= 4 is 5.97 Å². The maximum atomic E-state index is 11.0. The lowest BCUT2D eigenvalue weighted by Gasteiger charge is -2.12. The first-order valence-electron chi connectivity index (χ1n) is 12.6. The summed E-state index contributed by atoms with van der Waals surface area (Å²) >= 11 is 0. The number of unbranched alkanes of at least 4 members (excludes halogenated alkanes) is 17. The lowest BCUT2D eigenvalue weighted by Crippen LogP contribution is -2.24. The number of rotatable bonds is 23. The highest BCUT2D eigenvalue weighted by molar-refractivity contribution is 5.72. The third-order valence-corrected chi connectivity index (χ3v) is 5.64. The van der Waals surface area contributed by atoms with Gasteiger partial charge in [0.05, 0.1) is 0 Å². The van der Waals surface area contributed by atoms with Crippen LogP contribution in [0.3, 0.4) is 0 Å². The smallest absolute Gasteiger partial charge is 0.332 e. The summed E-state index contributed by atoms with van der Waals surface area (Å²) in [6.45, 7) is 4.87. The topological polar surface area (TPSA) is 46.5 Å². The number of ether oxygens (including phenoxy) is 1. The molecule has 0 saturated heterocycles. The van der Waals surface area contributed by atoms with Gasteiger partial charge in [0.1, 0.15) is 0 Å². The number of hydrogen-bond donors (Lipinski definition) is 1. The van der Waals surface area contributed by atoms with E-state index in [0.717, 1.165) is 19.3 Å². The van der Waals surface area contributed by atoms with Gasteiger partial charge in [0.15, 0.2) is 6.10 Å². The SMILES string of the molecule is CCCCCCCCCCCCCCCCCCCCOC(CCC)C(=O)O. The quantitative estimate of drug-likeness (QED) is 0.176. The van der Waals surface area contributed by atoms with Crippen LogP contribution < -0.4 is 0 Å². The van der Waals surface area contributed by atoms with Crippen LogP contribution in [0.15, 0.2) is 0 Å². The molecule has 0 amide bonds. The lowest BCUT2D eigenvalue weighted by molar-refractivity contribution is -0.150. The Morgan fingerprint density at radius 2 is 0.964 bits per heavy atom. The first kappa shape index (κ1) is 27.4. The molecule has 168 valence electrons. The maximum Gasteiger partial charge on any atom is 0.332 e. The van der Waals surface area contributed by atoms with Crippen LogP contribution in [-0.4, -0.2) is 23.8 Å². The van der Waals surface area contributed by atoms with Crippen molar-refractivity contribution in [1.82, 2.24) is 0 Å². The molecule has 0 spiro atoms. The van der Waals surface area contributed by atoms with Crippen molar-refractivity contribution in [3.05, 3.63) is 0 Å². The number of carboxylic acid groups (broad SMARTS) is 1. The standard InChI is InChI=1S/C25H50O3/c1-3-5-6-7-8-9-10-11-12-13-14-15-16-17-18-19-20-21-23-28-24(22-4-2)25(26)27/h24H,3-23H2,1-2H3,(H,26,27). The van der Waals surface area contributed by atoms with Gasteiger partial charge in [0.2, 0.25) is 0 Å². The van der Waals surface area contributed by atoms with Crippen LogP contribution in [0.25, 0.3) is 0 Å². The Hall–Kier alpha value is -0.570. The van der Waals surface area contributed by atoms with E-state index in [2.05, 4.69) is 6.92 Å². The third kappa shape index (κ3) is 20.2. The van der Waals surface area contributed by atoms with Gasteiger partial charge in [-0.2, -0.15) is 0 Å². The van der Waals surface area contributed by atoms with Crippen LogP contribution >= 0.6 is 0 Å². The zero-order valence-electron chi connectivity index (χ0n) is 19.2. The molecular formula is C25H50O3. The minimum Gasteiger partial charge on any atom is -0.479 e. The van der Waals surface area contributed by atoms with Gasteiger partial charge < -0.3 is 9.84 Å². The van der Waals surface area contributed by atoms with E-state index in [0.29, 0.717) is 13.0 Å². The van der Waals surface area contributed by atoms with Crippen LogP contribution in [0, 0.1) is 0 Å². The predicted molar refractivity (Wildman–Crippen MR) is 121 cm³/mol. The number of carbonyl (C=O) groups is 1. The van der Waals surface area contributed by atoms with Crippen molar-refractivity contribution in [2.75, 3.05) is 6.61 Å². The van der Waals surface area contributed by atoms with E-state index in [-0.39, 0.29) is 0 Å². The van der Waals surface area contributed by atoms with Crippen LogP contribution in [0.2, 0.25) is 0 Å². The molecule has 3 nitrogen and oxygen atoms in total. The summed E-state index contributed by atoms with van der Waals surface area (Å²) in [5, 5.41) is 9.03. The molecule has 0 heterocycles. The van der Waals surface area contributed by atoms with Gasteiger partial charge in [0.25, 0.3) is 0 Å². The molecule has 0 saturated carbocycles. The van der Waals surface area contributed by atoms with Crippen molar-refractivity contribution in [3.63, 3.8) is 0 Å². The van der Waals surface area contributed by atoms with Gasteiger partial charge in [-0.05, 0) is 12.8 Å². The zero-order valence-corrected chi connectivity index (χ0v) is 19.2. The summed E-state index contributed by atoms with van der Waals surface area (Å²) in [7, 11) is 0. The van der Waals surface area contributed by atoms with Gasteiger partial charge in [0, 0.05) is 6.61 Å². The fraction of sp³-hybridized carbons (Fsp3) is 0.960. The highest BCUT2D eigenvalue weighted by Gasteiger charge is 2.15. The number of hydrogen-bond acceptors (Lipinski definition) is 2. The van der Waals surface area contributed by atoms with E-state index in [1.165, 1.54) is 103 Å². The van der Waals surface area contributed by atoms with Crippen LogP contribution in [-0.2, 0) is 9.53 Å². The van der Waals surface area contributed by atoms with Crippen LogP contribution in [0.1, 0.15) is 142 Å². The molecule has 28 heavy (non-hydrogen) atoms. The molecule has 0 bridgehead atoms. The van der Waals surface area contributed by atoms with E-state index < -0.39 is 12.1 Å². The lowest BCUT2D eigenvalue weighted by atomic mass is 10.0. The van der Waals surface area contributed by atoms with Gasteiger partial charge in [-0.3, -0.25) is 0 Å². The largest absolute Gasteiger partial charge is 0.479 e. The molecule has 0 aromatic carbocycles. The van der Waals surface area contributed by atoms with Crippen LogP contribution in [0.5, 0.6) is 0 Å². The second-order valence-corrected chi connectivity index (χ2v) is 8.50. The third-order valence-electron chi connectivity index (χ3n) is 5.64. The molecule has 0 rings (SSSR count). The van der Waals surface area contributed by atoms with Crippen LogP contribution in [0.4, 0.5) is 0 Å². The average molecular weight is 399 g/mol. The highest BCUT2D eigenvalue weighted by atomic mass is 16.5. The van der Waals surface area contributed by atoms with Gasteiger partial charge in [-0.1, -0.05) is 129 Å². The number of carboxylic acids is 1. The van der Waals surface area contributed by atoms with Gasteiger partial charge >= 0.3 is 5.97 Å². The molecule has 0 aliphatic rings. The Balaban J connectivity index is 3.15. The molecule has 0 aliphatic heterocycles. The van der Waals surface area contributed by atoms with E-state index in [1.807, 2.05) is 6.92 Å². The first-order valence-corrected chi connectivity index (χ1v) is 12.6. The van der Waals surface area contributed by atoms with Gasteiger partial charge in [-0.25, -0.2) is 4.79 Å². The molecule has 1 unspecified atom stereocenters. The summed E-state index contributed by atoms with van der Waals surface area (Å²) < 4.78 is 5.47. The molecule has 1 atom stereocenters. The van der Waals surface area contributed by atoms with Crippen molar-refractivity contribution in [2.45, 2.75) is 148 Å². The van der Waals surface area contributed by atoms with E-state index in [9.17, 15) is 4.79 Å². The second-order valence-electron chi connectivity index (χ2n) is 8.50. The molecule has 0 aliphatic carbocycles. The average Bonchev–Trinajstić information content (AvgIpc) is 2.68. The highest BCUT2D eigenvalue weighted by Crippen LogP contribution is 2.14.